The Morgan fingerprint density at radius 2 is 1.66 bits per heavy atom. The summed E-state index contributed by atoms with van der Waals surface area (Å²) >= 11 is 0. The van der Waals surface area contributed by atoms with E-state index in [1.54, 1.807) is 24.3 Å². The van der Waals surface area contributed by atoms with Crippen LogP contribution in [0.5, 0.6) is 0 Å². The van der Waals surface area contributed by atoms with Crippen molar-refractivity contribution in [3.8, 4) is 0 Å². The number of halogens is 3. The Balaban J connectivity index is 1.88. The number of alkyl halides is 3. The molecule has 0 spiro atoms. The Morgan fingerprint density at radius 1 is 1.00 bits per heavy atom. The molecule has 4 rings (SSSR count). The van der Waals surface area contributed by atoms with Crippen LogP contribution in [0, 0.1) is 6.92 Å². The number of hydrogen-bond acceptors (Lipinski definition) is 3. The molecule has 0 aromatic heterocycles. The Bertz CT molecular complexity index is 1250. The van der Waals surface area contributed by atoms with Gasteiger partial charge in [-0.1, -0.05) is 48.0 Å². The van der Waals surface area contributed by atoms with Crippen molar-refractivity contribution in [1.82, 2.24) is 0 Å². The fourth-order valence-corrected chi connectivity index (χ4v) is 5.69. The van der Waals surface area contributed by atoms with Crippen molar-refractivity contribution in [3.63, 3.8) is 0 Å². The molecule has 0 bridgehead atoms. The third-order valence-electron chi connectivity index (χ3n) is 5.68. The lowest BCUT2D eigenvalue weighted by Crippen LogP contribution is -2.30. The van der Waals surface area contributed by atoms with E-state index in [0.29, 0.717) is 6.42 Å². The number of sulfonamides is 1. The van der Waals surface area contributed by atoms with Gasteiger partial charge in [-0.15, -0.1) is 0 Å². The van der Waals surface area contributed by atoms with E-state index in [1.807, 2.05) is 25.1 Å². The summed E-state index contributed by atoms with van der Waals surface area (Å²) in [7, 11) is -4.03. The highest BCUT2D eigenvalue weighted by Crippen LogP contribution is 2.46. The van der Waals surface area contributed by atoms with Gasteiger partial charge >= 0.3 is 6.18 Å². The maximum absolute atomic E-state index is 13.6. The first-order valence-electron chi connectivity index (χ1n) is 9.95. The molecule has 1 atom stereocenters. The summed E-state index contributed by atoms with van der Waals surface area (Å²) in [5.74, 6) is -0.602. The molecule has 0 N–H and O–H groups in total. The normalized spacial score (nSPS) is 16.1. The molecule has 1 unspecified atom stereocenters. The van der Waals surface area contributed by atoms with E-state index in [0.717, 1.165) is 27.6 Å². The lowest BCUT2D eigenvalue weighted by Gasteiger charge is -2.21. The molecule has 1 aliphatic rings. The highest BCUT2D eigenvalue weighted by atomic mass is 32.2. The molecule has 0 aliphatic carbocycles. The van der Waals surface area contributed by atoms with Crippen molar-refractivity contribution < 1.29 is 26.4 Å². The van der Waals surface area contributed by atoms with E-state index in [9.17, 15) is 26.4 Å². The first-order chi connectivity index (χ1) is 15.1. The molecule has 0 saturated heterocycles. The third-order valence-corrected chi connectivity index (χ3v) is 7.48. The van der Waals surface area contributed by atoms with E-state index >= 15 is 0 Å². The van der Waals surface area contributed by atoms with Crippen LogP contribution in [0.2, 0.25) is 0 Å². The van der Waals surface area contributed by atoms with Crippen molar-refractivity contribution >= 4 is 22.0 Å². The first kappa shape index (κ1) is 22.1. The zero-order valence-corrected chi connectivity index (χ0v) is 18.0. The average Bonchev–Trinajstić information content (AvgIpc) is 3.13. The van der Waals surface area contributed by atoms with Gasteiger partial charge in [-0.05, 0) is 48.7 Å². The van der Waals surface area contributed by atoms with Crippen molar-refractivity contribution in [1.29, 1.82) is 0 Å². The summed E-state index contributed by atoms with van der Waals surface area (Å²) < 4.78 is 68.7. The highest BCUT2D eigenvalue weighted by Gasteiger charge is 2.42. The smallest absolute Gasteiger partial charge is 0.298 e. The van der Waals surface area contributed by atoms with Crippen molar-refractivity contribution in [2.24, 2.45) is 0 Å². The van der Waals surface area contributed by atoms with Crippen LogP contribution in [0.25, 0.3) is 0 Å². The van der Waals surface area contributed by atoms with Gasteiger partial charge in [0.1, 0.15) is 0 Å². The zero-order chi connectivity index (χ0) is 23.1. The van der Waals surface area contributed by atoms with Crippen LogP contribution >= 0.6 is 0 Å². The molecule has 0 amide bonds. The van der Waals surface area contributed by atoms with E-state index < -0.39 is 33.2 Å². The Morgan fingerprint density at radius 3 is 2.25 bits per heavy atom. The summed E-state index contributed by atoms with van der Waals surface area (Å²) in [6, 6.07) is 17.3. The second-order valence-electron chi connectivity index (χ2n) is 7.81. The summed E-state index contributed by atoms with van der Waals surface area (Å²) in [5.41, 5.74) is 0.394. The van der Waals surface area contributed by atoms with Gasteiger partial charge in [-0.2, -0.15) is 13.2 Å². The maximum atomic E-state index is 13.6. The van der Waals surface area contributed by atoms with Crippen LogP contribution in [0.3, 0.4) is 0 Å². The third kappa shape index (κ3) is 3.90. The van der Waals surface area contributed by atoms with Gasteiger partial charge in [0, 0.05) is 18.0 Å². The molecule has 0 radical (unpaired) electrons. The largest absolute Gasteiger partial charge is 0.417 e. The minimum atomic E-state index is -4.73. The molecule has 0 saturated carbocycles. The number of carbonyl (C=O) groups excluding carboxylic acids is 1. The van der Waals surface area contributed by atoms with Crippen LogP contribution in [-0.2, 0) is 22.6 Å². The van der Waals surface area contributed by atoms with E-state index in [4.69, 9.17) is 0 Å². The van der Waals surface area contributed by atoms with Gasteiger partial charge < -0.3 is 0 Å². The number of nitrogens with zero attached hydrogens (tertiary/aromatic N) is 1. The lowest BCUT2D eigenvalue weighted by atomic mass is 9.88. The first-order valence-corrected chi connectivity index (χ1v) is 11.4. The number of carbonyl (C=O) groups is 1. The minimum Gasteiger partial charge on any atom is -0.298 e. The van der Waals surface area contributed by atoms with Crippen molar-refractivity contribution in [2.75, 3.05) is 10.8 Å². The zero-order valence-electron chi connectivity index (χ0n) is 17.1. The molecule has 4 nitrogen and oxygen atoms in total. The van der Waals surface area contributed by atoms with Gasteiger partial charge in [0.2, 0.25) is 0 Å². The molecular weight excluding hydrogens is 439 g/mol. The summed E-state index contributed by atoms with van der Waals surface area (Å²) in [5, 5.41) is 0. The standard InChI is InChI=1S/C24H20F3NO3S/c1-16-7-9-19(10-8-16)32(30,31)28-14-18(13-17-5-3-2-4-6-17)23-20(15-29)21(24(25,26)27)11-12-22(23)28/h2-12,15,18H,13-14H2,1H3. The van der Waals surface area contributed by atoms with Gasteiger partial charge in [0.25, 0.3) is 10.0 Å². The van der Waals surface area contributed by atoms with Gasteiger partial charge in [-0.25, -0.2) is 8.42 Å². The number of anilines is 1. The van der Waals surface area contributed by atoms with Crippen molar-refractivity contribution in [3.05, 3.63) is 94.5 Å². The number of benzene rings is 3. The second kappa shape index (κ2) is 8.09. The van der Waals surface area contributed by atoms with Gasteiger partial charge in [-0.3, -0.25) is 9.10 Å². The summed E-state index contributed by atoms with van der Waals surface area (Å²) in [6.07, 6.45) is -4.25. The summed E-state index contributed by atoms with van der Waals surface area (Å²) in [4.78, 5) is 11.9. The highest BCUT2D eigenvalue weighted by molar-refractivity contribution is 7.92. The molecular formula is C24H20F3NO3S. The topological polar surface area (TPSA) is 54.5 Å². The van der Waals surface area contributed by atoms with E-state index in [1.165, 1.54) is 12.1 Å². The Hall–Kier alpha value is -3.13. The average molecular weight is 459 g/mol. The van der Waals surface area contributed by atoms with Crippen LogP contribution in [0.1, 0.15) is 38.5 Å². The Kier molecular flexibility index (Phi) is 5.58. The quantitative estimate of drug-likeness (QED) is 0.483. The SMILES string of the molecule is Cc1ccc(S(=O)(=O)N2CC(Cc3ccccc3)c3c2ccc(C(F)(F)F)c3C=O)cc1. The molecule has 0 fully saturated rings. The molecule has 166 valence electrons. The fourth-order valence-electron chi connectivity index (χ4n) is 4.17. The minimum absolute atomic E-state index is 0.0435. The molecule has 3 aromatic rings. The number of aldehydes is 1. The van der Waals surface area contributed by atoms with Crippen LogP contribution in [-0.4, -0.2) is 21.2 Å². The molecule has 1 aliphatic heterocycles. The summed E-state index contributed by atoms with van der Waals surface area (Å²) in [6.45, 7) is 1.77. The predicted molar refractivity (Wildman–Crippen MR) is 115 cm³/mol. The number of hydrogen-bond donors (Lipinski definition) is 0. The number of rotatable bonds is 5. The van der Waals surface area contributed by atoms with Gasteiger partial charge in [0.15, 0.2) is 6.29 Å². The lowest BCUT2D eigenvalue weighted by molar-refractivity contribution is -0.137. The fraction of sp³-hybridized carbons (Fsp3) is 0.208. The van der Waals surface area contributed by atoms with E-state index in [2.05, 4.69) is 0 Å². The predicted octanol–water partition coefficient (Wildman–Crippen LogP) is 5.36. The van der Waals surface area contributed by atoms with Crippen LogP contribution < -0.4 is 4.31 Å². The van der Waals surface area contributed by atoms with E-state index in [-0.39, 0.29) is 29.0 Å². The Labute approximate surface area is 184 Å². The number of fused-ring (bicyclic) bond motifs is 1. The molecule has 32 heavy (non-hydrogen) atoms. The maximum Gasteiger partial charge on any atom is 0.417 e. The monoisotopic (exact) mass is 459 g/mol. The van der Waals surface area contributed by atoms with Crippen LogP contribution in [0.4, 0.5) is 18.9 Å². The molecule has 1 heterocycles. The van der Waals surface area contributed by atoms with Gasteiger partial charge in [0.05, 0.1) is 16.1 Å². The van der Waals surface area contributed by atoms with Crippen LogP contribution in [0.15, 0.2) is 71.6 Å². The van der Waals surface area contributed by atoms with Crippen molar-refractivity contribution in [2.45, 2.75) is 30.3 Å². The second-order valence-corrected chi connectivity index (χ2v) is 9.67. The molecule has 8 heteroatoms. The number of aryl methyl sites for hydroxylation is 1. The molecule has 3 aromatic carbocycles.